The molecule has 5 nitrogen and oxygen atoms in total. The molecule has 1 aliphatic heterocycles. The minimum Gasteiger partial charge on any atom is -0.480 e. The van der Waals surface area contributed by atoms with E-state index in [0.717, 1.165) is 6.42 Å². The average molecular weight is 270 g/mol. The molecule has 0 aromatic carbocycles. The molecule has 2 amide bonds. The zero-order valence-electron chi connectivity index (χ0n) is 12.4. The van der Waals surface area contributed by atoms with Gasteiger partial charge in [-0.05, 0) is 24.7 Å². The fourth-order valence-corrected chi connectivity index (χ4v) is 2.55. The van der Waals surface area contributed by atoms with Crippen LogP contribution in [0.25, 0.3) is 0 Å². The highest BCUT2D eigenvalue weighted by Gasteiger charge is 2.36. The van der Waals surface area contributed by atoms with Crippen LogP contribution in [0.4, 0.5) is 4.79 Å². The summed E-state index contributed by atoms with van der Waals surface area (Å²) in [5, 5.41) is 9.17. The van der Waals surface area contributed by atoms with Gasteiger partial charge in [0.15, 0.2) is 0 Å². The zero-order valence-corrected chi connectivity index (χ0v) is 12.4. The van der Waals surface area contributed by atoms with Crippen molar-refractivity contribution in [3.05, 3.63) is 0 Å². The number of carbonyl (C=O) groups is 2. The summed E-state index contributed by atoms with van der Waals surface area (Å²) < 4.78 is 0. The van der Waals surface area contributed by atoms with Crippen LogP contribution in [0.2, 0.25) is 0 Å². The Hall–Kier alpha value is -1.26. The molecule has 0 spiro atoms. The number of nitrogens with zero attached hydrogens (tertiary/aromatic N) is 2. The van der Waals surface area contributed by atoms with Gasteiger partial charge in [0.2, 0.25) is 0 Å². The summed E-state index contributed by atoms with van der Waals surface area (Å²) in [5.41, 5.74) is 0. The van der Waals surface area contributed by atoms with Crippen LogP contribution in [0.3, 0.4) is 0 Å². The van der Waals surface area contributed by atoms with Crippen LogP contribution in [0.5, 0.6) is 0 Å². The summed E-state index contributed by atoms with van der Waals surface area (Å²) >= 11 is 0. The van der Waals surface area contributed by atoms with Gasteiger partial charge in [-0.3, -0.25) is 0 Å². The summed E-state index contributed by atoms with van der Waals surface area (Å²) in [6.07, 6.45) is 1.35. The van der Waals surface area contributed by atoms with Gasteiger partial charge >= 0.3 is 12.0 Å². The maximum atomic E-state index is 12.5. The summed E-state index contributed by atoms with van der Waals surface area (Å²) in [7, 11) is 0. The first kappa shape index (κ1) is 15.8. The Bertz CT molecular complexity index is 319. The largest absolute Gasteiger partial charge is 0.480 e. The summed E-state index contributed by atoms with van der Waals surface area (Å²) in [6.45, 7) is 10.2. The SMILES string of the molecule is CC(C)CN(CC(C)C)C(=O)N1CCC[C@@H]1C(=O)O. The molecule has 1 N–H and O–H groups in total. The first-order chi connectivity index (χ1) is 8.82. The molecule has 1 rings (SSSR count). The maximum Gasteiger partial charge on any atom is 0.326 e. The molecular formula is C14H26N2O3. The minimum absolute atomic E-state index is 0.118. The number of hydrogen-bond donors (Lipinski definition) is 1. The van der Waals surface area contributed by atoms with Crippen molar-refractivity contribution in [1.29, 1.82) is 0 Å². The topological polar surface area (TPSA) is 60.9 Å². The standard InChI is InChI=1S/C14H26N2O3/c1-10(2)8-15(9-11(3)4)14(19)16-7-5-6-12(16)13(17)18/h10-12H,5-9H2,1-4H3,(H,17,18)/t12-/m1/s1. The zero-order chi connectivity index (χ0) is 14.6. The molecule has 0 radical (unpaired) electrons. The number of carbonyl (C=O) groups excluding carboxylic acids is 1. The van der Waals surface area contributed by atoms with Gasteiger partial charge in [-0.2, -0.15) is 0 Å². The monoisotopic (exact) mass is 270 g/mol. The van der Waals surface area contributed by atoms with Gasteiger partial charge in [0, 0.05) is 19.6 Å². The van der Waals surface area contributed by atoms with Crippen LogP contribution >= 0.6 is 0 Å². The molecule has 110 valence electrons. The van der Waals surface area contributed by atoms with Crippen molar-refractivity contribution in [3.63, 3.8) is 0 Å². The molecule has 19 heavy (non-hydrogen) atoms. The van der Waals surface area contributed by atoms with E-state index < -0.39 is 12.0 Å². The van der Waals surface area contributed by atoms with E-state index in [9.17, 15) is 9.59 Å². The van der Waals surface area contributed by atoms with Crippen molar-refractivity contribution < 1.29 is 14.7 Å². The van der Waals surface area contributed by atoms with Gasteiger partial charge in [-0.1, -0.05) is 27.7 Å². The fraction of sp³-hybridized carbons (Fsp3) is 0.857. The van der Waals surface area contributed by atoms with Crippen molar-refractivity contribution in [2.75, 3.05) is 19.6 Å². The molecule has 1 heterocycles. The normalized spacial score (nSPS) is 19.3. The highest BCUT2D eigenvalue weighted by atomic mass is 16.4. The molecule has 1 saturated heterocycles. The lowest BCUT2D eigenvalue weighted by Gasteiger charge is -2.32. The smallest absolute Gasteiger partial charge is 0.326 e. The summed E-state index contributed by atoms with van der Waals surface area (Å²) in [4.78, 5) is 27.0. The predicted molar refractivity (Wildman–Crippen MR) is 74.0 cm³/mol. The van der Waals surface area contributed by atoms with E-state index in [1.54, 1.807) is 4.90 Å². The third-order valence-corrected chi connectivity index (χ3v) is 3.23. The van der Waals surface area contributed by atoms with E-state index in [-0.39, 0.29) is 6.03 Å². The van der Waals surface area contributed by atoms with Crippen molar-refractivity contribution in [2.45, 2.75) is 46.6 Å². The van der Waals surface area contributed by atoms with E-state index in [4.69, 9.17) is 5.11 Å². The van der Waals surface area contributed by atoms with E-state index in [0.29, 0.717) is 37.9 Å². The number of urea groups is 1. The average Bonchev–Trinajstić information content (AvgIpc) is 2.74. The number of hydrogen-bond acceptors (Lipinski definition) is 2. The molecule has 0 unspecified atom stereocenters. The van der Waals surface area contributed by atoms with Crippen LogP contribution < -0.4 is 0 Å². The van der Waals surface area contributed by atoms with Gasteiger partial charge in [0.25, 0.3) is 0 Å². The Kier molecular flexibility index (Phi) is 5.63. The van der Waals surface area contributed by atoms with Crippen LogP contribution in [0.1, 0.15) is 40.5 Å². The number of carboxylic acid groups (broad SMARTS) is 1. The lowest BCUT2D eigenvalue weighted by atomic mass is 10.1. The first-order valence-corrected chi connectivity index (χ1v) is 7.11. The van der Waals surface area contributed by atoms with Gasteiger partial charge in [0.1, 0.15) is 6.04 Å². The summed E-state index contributed by atoms with van der Waals surface area (Å²) in [5.74, 6) is -0.123. The van der Waals surface area contributed by atoms with Crippen LogP contribution in [-0.4, -0.2) is 52.6 Å². The van der Waals surface area contributed by atoms with E-state index in [1.165, 1.54) is 4.90 Å². The van der Waals surface area contributed by atoms with Crippen molar-refractivity contribution in [3.8, 4) is 0 Å². The number of likely N-dealkylation sites (tertiary alicyclic amines) is 1. The summed E-state index contributed by atoms with van der Waals surface area (Å²) in [6, 6.07) is -0.762. The van der Waals surface area contributed by atoms with E-state index >= 15 is 0 Å². The number of aliphatic carboxylic acids is 1. The van der Waals surface area contributed by atoms with Gasteiger partial charge < -0.3 is 14.9 Å². The molecule has 1 atom stereocenters. The predicted octanol–water partition coefficient (Wildman–Crippen LogP) is 2.27. The Morgan fingerprint density at radius 2 is 1.74 bits per heavy atom. The Morgan fingerprint density at radius 3 is 2.16 bits per heavy atom. The second-order valence-electron chi connectivity index (χ2n) is 6.16. The van der Waals surface area contributed by atoms with Crippen LogP contribution in [0, 0.1) is 11.8 Å². The van der Waals surface area contributed by atoms with Crippen molar-refractivity contribution in [2.24, 2.45) is 11.8 Å². The molecule has 1 fully saturated rings. The lowest BCUT2D eigenvalue weighted by molar-refractivity contribution is -0.141. The van der Waals surface area contributed by atoms with Crippen LogP contribution in [-0.2, 0) is 4.79 Å². The third-order valence-electron chi connectivity index (χ3n) is 3.23. The van der Waals surface area contributed by atoms with Crippen LogP contribution in [0.15, 0.2) is 0 Å². The maximum absolute atomic E-state index is 12.5. The third kappa shape index (κ3) is 4.40. The Balaban J connectivity index is 2.77. The van der Waals surface area contributed by atoms with Gasteiger partial charge in [-0.25, -0.2) is 9.59 Å². The Morgan fingerprint density at radius 1 is 1.21 bits per heavy atom. The number of rotatable bonds is 5. The van der Waals surface area contributed by atoms with Crippen molar-refractivity contribution >= 4 is 12.0 Å². The molecule has 1 aliphatic rings. The first-order valence-electron chi connectivity index (χ1n) is 7.11. The van der Waals surface area contributed by atoms with Gasteiger partial charge in [-0.15, -0.1) is 0 Å². The molecule has 0 aromatic rings. The quantitative estimate of drug-likeness (QED) is 0.833. The van der Waals surface area contributed by atoms with E-state index in [2.05, 4.69) is 27.7 Å². The molecule has 5 heteroatoms. The van der Waals surface area contributed by atoms with Crippen molar-refractivity contribution in [1.82, 2.24) is 9.80 Å². The molecule has 0 saturated carbocycles. The van der Waals surface area contributed by atoms with Gasteiger partial charge in [0.05, 0.1) is 0 Å². The number of amides is 2. The highest BCUT2D eigenvalue weighted by Crippen LogP contribution is 2.20. The lowest BCUT2D eigenvalue weighted by Crippen LogP contribution is -2.49. The molecule has 0 aliphatic carbocycles. The second kappa shape index (κ2) is 6.78. The van der Waals surface area contributed by atoms with E-state index in [1.807, 2.05) is 0 Å². The number of carboxylic acids is 1. The second-order valence-corrected chi connectivity index (χ2v) is 6.16. The Labute approximate surface area is 115 Å². The fourth-order valence-electron chi connectivity index (χ4n) is 2.55. The molecule has 0 aromatic heterocycles. The minimum atomic E-state index is -0.889. The molecule has 0 bridgehead atoms. The molecular weight excluding hydrogens is 244 g/mol. The highest BCUT2D eigenvalue weighted by molar-refractivity contribution is 5.83.